The molecule has 0 atom stereocenters. The lowest BCUT2D eigenvalue weighted by atomic mass is 10.2. The minimum absolute atomic E-state index is 0.204. The van der Waals surface area contributed by atoms with Gasteiger partial charge in [0.05, 0.1) is 20.6 Å². The molecule has 0 aliphatic rings. The molecule has 0 radical (unpaired) electrons. The Morgan fingerprint density at radius 3 is 2.30 bits per heavy atom. The van der Waals surface area contributed by atoms with Gasteiger partial charge in [-0.15, -0.1) is 0 Å². The molecule has 0 aliphatic carbocycles. The van der Waals surface area contributed by atoms with Gasteiger partial charge >= 0.3 is 5.97 Å². The van der Waals surface area contributed by atoms with E-state index >= 15 is 0 Å². The molecule has 0 aromatic heterocycles. The number of carbonyl (C=O) groups is 1. The molecule has 0 saturated carbocycles. The van der Waals surface area contributed by atoms with Gasteiger partial charge in [0, 0.05) is 0 Å². The first-order chi connectivity index (χ1) is 11.0. The fourth-order valence-corrected chi connectivity index (χ4v) is 3.18. The molecule has 0 bridgehead atoms. The molecule has 0 aliphatic heterocycles. The van der Waals surface area contributed by atoms with Gasteiger partial charge in [0.15, 0.2) is 12.4 Å². The fraction of sp³-hybridized carbons (Fsp3) is 0.176. The number of benzene rings is 2. The van der Waals surface area contributed by atoms with Crippen molar-refractivity contribution in [2.24, 2.45) is 0 Å². The third kappa shape index (κ3) is 4.81. The van der Waals surface area contributed by atoms with Gasteiger partial charge in [-0.3, -0.25) is 0 Å². The van der Waals surface area contributed by atoms with Crippen LogP contribution in [-0.4, -0.2) is 12.6 Å². The Balaban J connectivity index is 1.98. The number of nitrogens with zero attached hydrogens (tertiary/aromatic N) is 1. The highest BCUT2D eigenvalue weighted by atomic mass is 79.9. The predicted octanol–water partition coefficient (Wildman–Crippen LogP) is 4.63. The smallest absolute Gasteiger partial charge is 0.349 e. The maximum atomic E-state index is 11.9. The first-order valence-corrected chi connectivity index (χ1v) is 8.43. The van der Waals surface area contributed by atoms with Crippen molar-refractivity contribution >= 4 is 37.8 Å². The van der Waals surface area contributed by atoms with Crippen LogP contribution in [-0.2, 0) is 11.2 Å². The van der Waals surface area contributed by atoms with Crippen LogP contribution in [0.25, 0.3) is 0 Å². The Morgan fingerprint density at radius 1 is 1.17 bits per heavy atom. The Labute approximate surface area is 151 Å². The number of carbonyl (C=O) groups excluding carboxylic acids is 1. The molecular weight excluding hydrogens is 426 g/mol. The lowest BCUT2D eigenvalue weighted by Gasteiger charge is -2.10. The summed E-state index contributed by atoms with van der Waals surface area (Å²) in [7, 11) is 0. The van der Waals surface area contributed by atoms with E-state index in [1.165, 1.54) is 5.56 Å². The first kappa shape index (κ1) is 17.5. The molecule has 0 saturated heterocycles. The van der Waals surface area contributed by atoms with E-state index in [9.17, 15) is 4.79 Å². The summed E-state index contributed by atoms with van der Waals surface area (Å²) in [6.45, 7) is 1.87. The Kier molecular flexibility index (Phi) is 6.20. The zero-order chi connectivity index (χ0) is 16.8. The van der Waals surface area contributed by atoms with Crippen molar-refractivity contribution in [3.05, 3.63) is 56.5 Å². The Morgan fingerprint density at radius 2 is 1.78 bits per heavy atom. The van der Waals surface area contributed by atoms with Crippen molar-refractivity contribution in [3.8, 4) is 17.6 Å². The maximum absolute atomic E-state index is 11.9. The van der Waals surface area contributed by atoms with Crippen LogP contribution in [0, 0.1) is 11.3 Å². The summed E-state index contributed by atoms with van der Waals surface area (Å²) in [5, 5.41) is 8.89. The minimum Gasteiger partial charge on any atom is -0.482 e. The largest absolute Gasteiger partial charge is 0.482 e. The van der Waals surface area contributed by atoms with Gasteiger partial charge in [0.2, 0.25) is 0 Å². The van der Waals surface area contributed by atoms with Crippen LogP contribution in [0.2, 0.25) is 0 Å². The van der Waals surface area contributed by atoms with Crippen LogP contribution in [0.3, 0.4) is 0 Å². The molecular formula is C17H13Br2NO3. The molecule has 2 rings (SSSR count). The number of nitriles is 1. The molecule has 0 fully saturated rings. The van der Waals surface area contributed by atoms with E-state index in [2.05, 4.69) is 38.8 Å². The second kappa shape index (κ2) is 8.14. The number of hydrogen-bond donors (Lipinski definition) is 0. The normalized spacial score (nSPS) is 10.0. The Hall–Kier alpha value is -1.84. The molecule has 0 heterocycles. The van der Waals surface area contributed by atoms with Gasteiger partial charge in [-0.05, 0) is 68.1 Å². The van der Waals surface area contributed by atoms with Crippen LogP contribution in [0.5, 0.6) is 11.5 Å². The summed E-state index contributed by atoms with van der Waals surface area (Å²) in [5.41, 5.74) is 1.65. The second-order valence-corrected chi connectivity index (χ2v) is 6.35. The number of rotatable bonds is 5. The van der Waals surface area contributed by atoms with Gasteiger partial charge in [-0.1, -0.05) is 19.1 Å². The van der Waals surface area contributed by atoms with Crippen LogP contribution in [0.1, 0.15) is 18.1 Å². The quantitative estimate of drug-likeness (QED) is 0.504. The van der Waals surface area contributed by atoms with Crippen molar-refractivity contribution in [2.45, 2.75) is 13.3 Å². The highest BCUT2D eigenvalue weighted by Crippen LogP contribution is 2.34. The van der Waals surface area contributed by atoms with E-state index < -0.39 is 5.97 Å². The molecule has 118 valence electrons. The van der Waals surface area contributed by atoms with Crippen molar-refractivity contribution < 1.29 is 14.3 Å². The van der Waals surface area contributed by atoms with E-state index in [0.717, 1.165) is 6.42 Å². The predicted molar refractivity (Wildman–Crippen MR) is 93.5 cm³/mol. The Bertz CT molecular complexity index is 728. The summed E-state index contributed by atoms with van der Waals surface area (Å²) in [5.74, 6) is 0.395. The molecule has 0 unspecified atom stereocenters. The summed E-state index contributed by atoms with van der Waals surface area (Å²) in [6.07, 6.45) is 0.947. The van der Waals surface area contributed by atoms with Crippen molar-refractivity contribution in [3.63, 3.8) is 0 Å². The minimum atomic E-state index is -0.532. The number of aryl methyl sites for hydroxylation is 1. The molecule has 6 heteroatoms. The zero-order valence-electron chi connectivity index (χ0n) is 12.3. The third-order valence-electron chi connectivity index (χ3n) is 3.03. The van der Waals surface area contributed by atoms with E-state index in [1.54, 1.807) is 12.1 Å². The number of hydrogen-bond acceptors (Lipinski definition) is 4. The third-order valence-corrected chi connectivity index (χ3v) is 4.21. The van der Waals surface area contributed by atoms with E-state index in [4.69, 9.17) is 14.7 Å². The molecule has 4 nitrogen and oxygen atoms in total. The van der Waals surface area contributed by atoms with E-state index in [1.807, 2.05) is 30.3 Å². The monoisotopic (exact) mass is 437 g/mol. The molecule has 2 aromatic rings. The summed E-state index contributed by atoms with van der Waals surface area (Å²) < 4.78 is 11.7. The molecule has 0 N–H and O–H groups in total. The van der Waals surface area contributed by atoms with Crippen LogP contribution in [0.4, 0.5) is 0 Å². The SMILES string of the molecule is CCc1ccc(OCC(=O)Oc2c(Br)cc(C#N)cc2Br)cc1. The maximum Gasteiger partial charge on any atom is 0.349 e. The van der Waals surface area contributed by atoms with Crippen LogP contribution >= 0.6 is 31.9 Å². The van der Waals surface area contributed by atoms with Gasteiger partial charge in [-0.2, -0.15) is 5.26 Å². The fourth-order valence-electron chi connectivity index (χ4n) is 1.83. The number of esters is 1. The lowest BCUT2D eigenvalue weighted by Crippen LogP contribution is -2.18. The van der Waals surface area contributed by atoms with Crippen LogP contribution in [0.15, 0.2) is 45.3 Å². The van der Waals surface area contributed by atoms with Gasteiger partial charge in [-0.25, -0.2) is 4.79 Å². The average Bonchev–Trinajstić information content (AvgIpc) is 2.56. The summed E-state index contributed by atoms with van der Waals surface area (Å²) in [4.78, 5) is 11.9. The average molecular weight is 439 g/mol. The highest BCUT2D eigenvalue weighted by Gasteiger charge is 2.14. The first-order valence-electron chi connectivity index (χ1n) is 6.85. The van der Waals surface area contributed by atoms with Gasteiger partial charge in [0.1, 0.15) is 5.75 Å². The standard InChI is InChI=1S/C17H13Br2NO3/c1-2-11-3-5-13(6-4-11)22-10-16(21)23-17-14(18)7-12(9-20)8-15(17)19/h3-8H,2,10H2,1H3. The van der Waals surface area contributed by atoms with E-state index in [-0.39, 0.29) is 6.61 Å². The number of ether oxygens (including phenoxy) is 2. The lowest BCUT2D eigenvalue weighted by molar-refractivity contribution is -0.136. The summed E-state index contributed by atoms with van der Waals surface area (Å²) >= 11 is 6.56. The molecule has 2 aromatic carbocycles. The van der Waals surface area contributed by atoms with E-state index in [0.29, 0.717) is 26.0 Å². The van der Waals surface area contributed by atoms with Gasteiger partial charge < -0.3 is 9.47 Å². The van der Waals surface area contributed by atoms with Crippen LogP contribution < -0.4 is 9.47 Å². The summed E-state index contributed by atoms with van der Waals surface area (Å²) in [6, 6.07) is 12.7. The van der Waals surface area contributed by atoms with Crippen molar-refractivity contribution in [1.82, 2.24) is 0 Å². The number of halogens is 2. The second-order valence-electron chi connectivity index (χ2n) is 4.64. The molecule has 0 amide bonds. The van der Waals surface area contributed by atoms with Crippen molar-refractivity contribution in [1.29, 1.82) is 5.26 Å². The molecule has 23 heavy (non-hydrogen) atoms. The highest BCUT2D eigenvalue weighted by molar-refractivity contribution is 9.11. The topological polar surface area (TPSA) is 59.3 Å². The zero-order valence-corrected chi connectivity index (χ0v) is 15.5. The molecule has 0 spiro atoms. The van der Waals surface area contributed by atoms with Gasteiger partial charge in [0.25, 0.3) is 0 Å². The van der Waals surface area contributed by atoms with Crippen molar-refractivity contribution in [2.75, 3.05) is 6.61 Å².